The Balaban J connectivity index is 1.15. The highest BCUT2D eigenvalue weighted by Crippen LogP contribution is 2.41. The summed E-state index contributed by atoms with van der Waals surface area (Å²) in [5.74, 6) is -2.22. The summed E-state index contributed by atoms with van der Waals surface area (Å²) in [5, 5.41) is 10.0. The summed E-state index contributed by atoms with van der Waals surface area (Å²) in [6, 6.07) is 14.9. The molecule has 0 radical (unpaired) electrons. The summed E-state index contributed by atoms with van der Waals surface area (Å²) in [4.78, 5) is 29.1. The van der Waals surface area contributed by atoms with Gasteiger partial charge in [0.2, 0.25) is 11.7 Å². The highest BCUT2D eigenvalue weighted by molar-refractivity contribution is 5.93. The molecule has 3 fully saturated rings. The molecule has 0 unspecified atom stereocenters. The lowest BCUT2D eigenvalue weighted by molar-refractivity contribution is -0.128. The van der Waals surface area contributed by atoms with E-state index in [1.54, 1.807) is 0 Å². The number of rotatable bonds is 7. The highest BCUT2D eigenvalue weighted by Gasteiger charge is 2.44. The lowest BCUT2D eigenvalue weighted by Gasteiger charge is -2.40. The van der Waals surface area contributed by atoms with Gasteiger partial charge in [-0.2, -0.15) is 0 Å². The molecule has 0 spiro atoms. The quantitative estimate of drug-likeness (QED) is 0.461. The van der Waals surface area contributed by atoms with Gasteiger partial charge in [0.1, 0.15) is 17.3 Å². The number of aromatic nitrogens is 1. The molecule has 204 valence electrons. The van der Waals surface area contributed by atoms with Crippen LogP contribution in [-0.2, 0) is 4.79 Å². The number of amides is 2. The Labute approximate surface area is 225 Å². The Morgan fingerprint density at radius 1 is 0.949 bits per heavy atom. The number of carbonyl (C=O) groups excluding carboxylic acids is 2. The second kappa shape index (κ2) is 10.9. The number of hydrogen-bond donors (Lipinski definition) is 2. The van der Waals surface area contributed by atoms with Gasteiger partial charge >= 0.3 is 0 Å². The van der Waals surface area contributed by atoms with E-state index < -0.39 is 23.5 Å². The number of halogens is 2. The molecule has 4 atom stereocenters. The minimum absolute atomic E-state index is 0.0405. The third-order valence-corrected chi connectivity index (χ3v) is 8.43. The first-order valence-electron chi connectivity index (χ1n) is 13.8. The molecule has 2 amide bonds. The lowest BCUT2D eigenvalue weighted by Crippen LogP contribution is -2.57. The predicted molar refractivity (Wildman–Crippen MR) is 141 cm³/mol. The van der Waals surface area contributed by atoms with Gasteiger partial charge in [0.25, 0.3) is 5.91 Å². The van der Waals surface area contributed by atoms with Crippen LogP contribution in [0.15, 0.2) is 59.1 Å². The zero-order valence-electron chi connectivity index (χ0n) is 21.6. The van der Waals surface area contributed by atoms with E-state index in [4.69, 9.17) is 4.52 Å². The van der Waals surface area contributed by atoms with Crippen LogP contribution >= 0.6 is 0 Å². The van der Waals surface area contributed by atoms with E-state index in [0.29, 0.717) is 24.9 Å². The molecule has 3 aromatic rings. The molecule has 0 bridgehead atoms. The van der Waals surface area contributed by atoms with Crippen LogP contribution in [0.5, 0.6) is 0 Å². The average Bonchev–Trinajstić information content (AvgIpc) is 3.30. The lowest BCUT2D eigenvalue weighted by atomic mass is 9.89. The molecule has 1 aliphatic heterocycles. The number of likely N-dealkylation sites (tertiary alicyclic amines) is 1. The second-order valence-corrected chi connectivity index (χ2v) is 11.0. The predicted octanol–water partition coefficient (Wildman–Crippen LogP) is 4.66. The zero-order valence-corrected chi connectivity index (χ0v) is 21.6. The minimum atomic E-state index is -0.792. The van der Waals surface area contributed by atoms with Crippen molar-refractivity contribution in [2.24, 2.45) is 5.92 Å². The zero-order chi connectivity index (χ0) is 26.9. The molecular formula is C30H32F2N4O3. The third kappa shape index (κ3) is 5.59. The molecule has 2 N–H and O–H groups in total. The largest absolute Gasteiger partial charge is 0.352 e. The van der Waals surface area contributed by atoms with Crippen LogP contribution in [0.1, 0.15) is 60.6 Å². The fourth-order valence-electron chi connectivity index (χ4n) is 6.18. The van der Waals surface area contributed by atoms with Gasteiger partial charge in [-0.3, -0.25) is 14.5 Å². The van der Waals surface area contributed by atoms with Crippen LogP contribution in [-0.4, -0.2) is 53.1 Å². The number of piperidine rings is 1. The molecule has 39 heavy (non-hydrogen) atoms. The maximum Gasteiger partial charge on any atom is 0.290 e. The van der Waals surface area contributed by atoms with E-state index in [0.717, 1.165) is 37.9 Å². The van der Waals surface area contributed by atoms with Crippen molar-refractivity contribution in [3.05, 3.63) is 77.6 Å². The molecule has 3 aliphatic rings. The van der Waals surface area contributed by atoms with Crippen LogP contribution in [0.2, 0.25) is 0 Å². The fraction of sp³-hybridized carbons (Fsp3) is 0.433. The molecule has 2 aliphatic carbocycles. The Hall–Kier alpha value is -3.59. The summed E-state index contributed by atoms with van der Waals surface area (Å²) in [6.07, 6.45) is 6.26. The van der Waals surface area contributed by atoms with Gasteiger partial charge in [-0.05, 0) is 43.4 Å². The average molecular weight is 535 g/mol. The van der Waals surface area contributed by atoms with Crippen LogP contribution in [0, 0.1) is 17.6 Å². The van der Waals surface area contributed by atoms with Crippen molar-refractivity contribution in [1.82, 2.24) is 20.7 Å². The summed E-state index contributed by atoms with van der Waals surface area (Å²) in [7, 11) is 0. The summed E-state index contributed by atoms with van der Waals surface area (Å²) >= 11 is 0. The van der Waals surface area contributed by atoms with Crippen molar-refractivity contribution in [3.8, 4) is 11.3 Å². The van der Waals surface area contributed by atoms with Crippen molar-refractivity contribution < 1.29 is 22.9 Å². The maximum absolute atomic E-state index is 14.2. The van der Waals surface area contributed by atoms with Crippen molar-refractivity contribution >= 4 is 11.8 Å². The number of nitrogens with one attached hydrogen (secondary N) is 2. The SMILES string of the molecule is O=C(N[C@@H]1CCN(C2CCCC2)C[C@H]1C(=O)N[C@@H]1C[C@H]1c1ccccc1)c1cc(-c2ccc(F)cc2F)no1. The summed E-state index contributed by atoms with van der Waals surface area (Å²) in [6.45, 7) is 1.39. The molecule has 2 aromatic carbocycles. The van der Waals surface area contributed by atoms with Gasteiger partial charge in [0.15, 0.2) is 0 Å². The molecule has 1 saturated heterocycles. The van der Waals surface area contributed by atoms with Gasteiger partial charge in [-0.1, -0.05) is 48.3 Å². The van der Waals surface area contributed by atoms with Crippen LogP contribution < -0.4 is 10.6 Å². The van der Waals surface area contributed by atoms with Crippen molar-refractivity contribution in [2.45, 2.75) is 62.6 Å². The standard InChI is InChI=1S/C30H32F2N4O3/c31-19-10-11-21(24(32)14-19)27-16-28(39-35-27)30(38)33-25-12-13-36(20-8-4-5-9-20)17-23(25)29(37)34-26-15-22(26)18-6-2-1-3-7-18/h1-3,6-7,10-11,14,16,20,22-23,25-26H,4-5,8-9,12-13,15,17H2,(H,33,38)(H,34,37)/t22-,23+,25+,26+/m0/s1. The smallest absolute Gasteiger partial charge is 0.290 e. The van der Waals surface area contributed by atoms with Gasteiger partial charge in [0, 0.05) is 54.8 Å². The molecular weight excluding hydrogens is 502 g/mol. The summed E-state index contributed by atoms with van der Waals surface area (Å²) < 4.78 is 32.7. The first kappa shape index (κ1) is 25.7. The van der Waals surface area contributed by atoms with Gasteiger partial charge in [-0.15, -0.1) is 0 Å². The van der Waals surface area contributed by atoms with Crippen LogP contribution in [0.25, 0.3) is 11.3 Å². The molecule has 1 aromatic heterocycles. The van der Waals surface area contributed by atoms with E-state index in [-0.39, 0.29) is 35.0 Å². The van der Waals surface area contributed by atoms with E-state index in [9.17, 15) is 18.4 Å². The van der Waals surface area contributed by atoms with E-state index >= 15 is 0 Å². The van der Waals surface area contributed by atoms with Crippen molar-refractivity contribution in [1.29, 1.82) is 0 Å². The second-order valence-electron chi connectivity index (χ2n) is 11.0. The number of nitrogens with zero attached hydrogens (tertiary/aromatic N) is 2. The molecule has 7 nitrogen and oxygen atoms in total. The maximum atomic E-state index is 14.2. The van der Waals surface area contributed by atoms with Gasteiger partial charge in [-0.25, -0.2) is 8.78 Å². The van der Waals surface area contributed by atoms with Gasteiger partial charge < -0.3 is 15.2 Å². The molecule has 2 saturated carbocycles. The molecule has 9 heteroatoms. The van der Waals surface area contributed by atoms with Crippen molar-refractivity contribution in [2.75, 3.05) is 13.1 Å². The van der Waals surface area contributed by atoms with Crippen LogP contribution in [0.3, 0.4) is 0 Å². The number of hydrogen-bond acceptors (Lipinski definition) is 5. The number of benzene rings is 2. The van der Waals surface area contributed by atoms with Gasteiger partial charge in [0.05, 0.1) is 5.92 Å². The first-order valence-corrected chi connectivity index (χ1v) is 13.8. The first-order chi connectivity index (χ1) is 19.0. The Morgan fingerprint density at radius 3 is 2.51 bits per heavy atom. The van der Waals surface area contributed by atoms with E-state index in [1.807, 2.05) is 18.2 Å². The Kier molecular flexibility index (Phi) is 7.16. The summed E-state index contributed by atoms with van der Waals surface area (Å²) in [5.41, 5.74) is 1.37. The molecule has 6 rings (SSSR count). The Morgan fingerprint density at radius 2 is 1.74 bits per heavy atom. The normalized spacial score (nSPS) is 25.4. The van der Waals surface area contributed by atoms with Crippen LogP contribution in [0.4, 0.5) is 8.78 Å². The van der Waals surface area contributed by atoms with E-state index in [2.05, 4.69) is 32.8 Å². The molecule has 2 heterocycles. The highest BCUT2D eigenvalue weighted by atomic mass is 19.1. The minimum Gasteiger partial charge on any atom is -0.352 e. The monoisotopic (exact) mass is 534 g/mol. The topological polar surface area (TPSA) is 87.5 Å². The fourth-order valence-corrected chi connectivity index (χ4v) is 6.18. The number of carbonyl (C=O) groups is 2. The Bertz CT molecular complexity index is 1340. The van der Waals surface area contributed by atoms with Crippen molar-refractivity contribution in [3.63, 3.8) is 0 Å². The third-order valence-electron chi connectivity index (χ3n) is 8.43. The van der Waals surface area contributed by atoms with E-state index in [1.165, 1.54) is 30.5 Å².